The molecule has 0 aliphatic heterocycles. The molecule has 1 aromatic rings. The first kappa shape index (κ1) is 29.6. The maximum absolute atomic E-state index is 10.4. The van der Waals surface area contributed by atoms with Gasteiger partial charge in [0.05, 0.1) is 6.10 Å². The minimum absolute atomic E-state index is 0.275. The summed E-state index contributed by atoms with van der Waals surface area (Å²) < 4.78 is 6.90. The normalized spacial score (nSPS) is 12.9. The van der Waals surface area contributed by atoms with Gasteiger partial charge in [0.15, 0.2) is 8.32 Å². The molecule has 0 aliphatic rings. The highest BCUT2D eigenvalue weighted by Gasteiger charge is 2.32. The van der Waals surface area contributed by atoms with Gasteiger partial charge in [-0.3, -0.25) is 0 Å². The van der Waals surface area contributed by atoms with Crippen LogP contribution in [0.2, 0.25) is 18.1 Å². The first-order chi connectivity index (χ1) is 16.1. The van der Waals surface area contributed by atoms with Gasteiger partial charge in [-0.15, -0.1) is 0 Å². The minimum Gasteiger partial charge on any atom is -0.478 e. The Bertz CT molecular complexity index is 617. The van der Waals surface area contributed by atoms with E-state index >= 15 is 0 Å². The van der Waals surface area contributed by atoms with Crippen LogP contribution >= 0.6 is 0 Å². The van der Waals surface area contributed by atoms with E-state index < -0.39 is 14.3 Å². The SMILES string of the molecule is CC[Si](CC)(CC)OC(CCCCCCCCCCCCCC=CC(=O)O)c1ccccc1. The lowest BCUT2D eigenvalue weighted by Crippen LogP contribution is -2.37. The molecule has 0 aliphatic carbocycles. The molecule has 0 heterocycles. The van der Waals surface area contributed by atoms with Crippen molar-refractivity contribution in [3.63, 3.8) is 0 Å². The van der Waals surface area contributed by atoms with Crippen LogP contribution in [0.15, 0.2) is 42.5 Å². The fourth-order valence-electron chi connectivity index (χ4n) is 4.63. The van der Waals surface area contributed by atoms with Gasteiger partial charge >= 0.3 is 5.97 Å². The number of carbonyl (C=O) groups is 1. The van der Waals surface area contributed by atoms with Crippen LogP contribution in [0.4, 0.5) is 0 Å². The quantitative estimate of drug-likeness (QED) is 0.110. The van der Waals surface area contributed by atoms with Crippen molar-refractivity contribution < 1.29 is 14.3 Å². The molecular weight excluding hydrogens is 424 g/mol. The van der Waals surface area contributed by atoms with E-state index in [2.05, 4.69) is 51.1 Å². The van der Waals surface area contributed by atoms with Crippen molar-refractivity contribution in [2.24, 2.45) is 0 Å². The van der Waals surface area contributed by atoms with Gasteiger partial charge in [0.25, 0.3) is 0 Å². The molecular formula is C29H50O3Si. The second kappa shape index (κ2) is 19.0. The zero-order valence-electron chi connectivity index (χ0n) is 21.7. The zero-order chi connectivity index (χ0) is 24.2. The monoisotopic (exact) mass is 474 g/mol. The van der Waals surface area contributed by atoms with Gasteiger partial charge in [-0.25, -0.2) is 4.79 Å². The molecule has 1 aromatic carbocycles. The summed E-state index contributed by atoms with van der Waals surface area (Å²) in [5, 5.41) is 8.55. The van der Waals surface area contributed by atoms with Crippen molar-refractivity contribution >= 4 is 14.3 Å². The molecule has 188 valence electrons. The summed E-state index contributed by atoms with van der Waals surface area (Å²) in [5.41, 5.74) is 1.36. The first-order valence-electron chi connectivity index (χ1n) is 13.7. The van der Waals surface area contributed by atoms with Crippen LogP contribution in [-0.2, 0) is 9.22 Å². The predicted octanol–water partition coefficient (Wildman–Crippen LogP) is 9.46. The van der Waals surface area contributed by atoms with Crippen molar-refractivity contribution in [2.45, 2.75) is 128 Å². The van der Waals surface area contributed by atoms with E-state index in [-0.39, 0.29) is 6.10 Å². The topological polar surface area (TPSA) is 46.5 Å². The highest BCUT2D eigenvalue weighted by Crippen LogP contribution is 2.33. The molecule has 1 rings (SSSR count). The number of allylic oxidation sites excluding steroid dienone is 1. The first-order valence-corrected chi connectivity index (χ1v) is 16.2. The van der Waals surface area contributed by atoms with Crippen LogP contribution in [0.1, 0.15) is 116 Å². The van der Waals surface area contributed by atoms with Crippen LogP contribution in [0.25, 0.3) is 0 Å². The minimum atomic E-state index is -1.60. The van der Waals surface area contributed by atoms with Crippen LogP contribution in [0.3, 0.4) is 0 Å². The molecule has 3 nitrogen and oxygen atoms in total. The molecule has 0 saturated carbocycles. The van der Waals surface area contributed by atoms with E-state index in [0.29, 0.717) is 0 Å². The lowest BCUT2D eigenvalue weighted by Gasteiger charge is -2.33. The number of carboxylic acids is 1. The van der Waals surface area contributed by atoms with Gasteiger partial charge in [0.1, 0.15) is 0 Å². The highest BCUT2D eigenvalue weighted by molar-refractivity contribution is 6.73. The smallest absolute Gasteiger partial charge is 0.327 e. The molecule has 4 heteroatoms. The van der Waals surface area contributed by atoms with Crippen molar-refractivity contribution in [2.75, 3.05) is 0 Å². The molecule has 33 heavy (non-hydrogen) atoms. The molecule has 0 spiro atoms. The summed E-state index contributed by atoms with van der Waals surface area (Å²) in [6.45, 7) is 6.96. The van der Waals surface area contributed by atoms with E-state index in [1.165, 1.54) is 94.0 Å². The molecule has 0 saturated heterocycles. The van der Waals surface area contributed by atoms with Gasteiger partial charge in [0, 0.05) is 6.08 Å². The summed E-state index contributed by atoms with van der Waals surface area (Å²) in [5.74, 6) is -0.840. The second-order valence-corrected chi connectivity index (χ2v) is 14.2. The number of unbranched alkanes of at least 4 members (excludes halogenated alkanes) is 11. The molecule has 0 aromatic heterocycles. The number of hydrogen-bond acceptors (Lipinski definition) is 2. The number of benzene rings is 1. The average Bonchev–Trinajstić information content (AvgIpc) is 2.84. The van der Waals surface area contributed by atoms with Crippen LogP contribution < -0.4 is 0 Å². The lowest BCUT2D eigenvalue weighted by molar-refractivity contribution is -0.131. The van der Waals surface area contributed by atoms with Crippen molar-refractivity contribution in [3.8, 4) is 0 Å². The third-order valence-corrected chi connectivity index (χ3v) is 11.7. The number of carboxylic acid groups (broad SMARTS) is 1. The van der Waals surface area contributed by atoms with Gasteiger partial charge in [-0.1, -0.05) is 121 Å². The fourth-order valence-corrected chi connectivity index (χ4v) is 7.49. The average molecular weight is 475 g/mol. The lowest BCUT2D eigenvalue weighted by atomic mass is 10.0. The van der Waals surface area contributed by atoms with E-state index in [0.717, 1.165) is 19.3 Å². The Labute approximate surface area is 205 Å². The summed E-state index contributed by atoms with van der Waals surface area (Å²) in [4.78, 5) is 10.4. The van der Waals surface area contributed by atoms with Gasteiger partial charge in [-0.2, -0.15) is 0 Å². The Hall–Kier alpha value is -1.39. The molecule has 1 unspecified atom stereocenters. The number of rotatable bonds is 21. The Morgan fingerprint density at radius 1 is 0.818 bits per heavy atom. The number of hydrogen-bond donors (Lipinski definition) is 1. The predicted molar refractivity (Wildman–Crippen MR) is 144 cm³/mol. The van der Waals surface area contributed by atoms with E-state index in [9.17, 15) is 4.79 Å². The van der Waals surface area contributed by atoms with E-state index in [4.69, 9.17) is 9.53 Å². The highest BCUT2D eigenvalue weighted by atomic mass is 28.4. The van der Waals surface area contributed by atoms with Gasteiger partial charge in [-0.05, 0) is 43.0 Å². The van der Waals surface area contributed by atoms with Crippen LogP contribution in [0.5, 0.6) is 0 Å². The molecule has 0 bridgehead atoms. The molecule has 0 radical (unpaired) electrons. The molecule has 0 fully saturated rings. The third kappa shape index (κ3) is 13.8. The molecule has 1 N–H and O–H groups in total. The van der Waals surface area contributed by atoms with Crippen LogP contribution in [-0.4, -0.2) is 19.4 Å². The van der Waals surface area contributed by atoms with Crippen molar-refractivity contribution in [1.82, 2.24) is 0 Å². The van der Waals surface area contributed by atoms with Crippen LogP contribution in [0, 0.1) is 0 Å². The second-order valence-electron chi connectivity index (χ2n) is 9.47. The summed E-state index contributed by atoms with van der Waals surface area (Å²) in [6.07, 6.45) is 19.6. The van der Waals surface area contributed by atoms with Gasteiger partial charge in [0.2, 0.25) is 0 Å². The standard InChI is InChI=1S/C29H50O3Si/c1-4-33(5-2,6-3)32-28(27-23-19-18-20-24-27)25-21-16-14-12-10-8-7-9-11-13-15-17-22-26-29(30)31/h18-20,22-24,26,28H,4-17,21,25H2,1-3H3,(H,30,31). The summed E-state index contributed by atoms with van der Waals surface area (Å²) in [6, 6.07) is 14.5. The van der Waals surface area contributed by atoms with Gasteiger partial charge < -0.3 is 9.53 Å². The molecule has 0 amide bonds. The van der Waals surface area contributed by atoms with Crippen molar-refractivity contribution in [1.29, 1.82) is 0 Å². The van der Waals surface area contributed by atoms with Crippen molar-refractivity contribution in [3.05, 3.63) is 48.0 Å². The Morgan fingerprint density at radius 2 is 1.30 bits per heavy atom. The Morgan fingerprint density at radius 3 is 1.79 bits per heavy atom. The Kier molecular flexibility index (Phi) is 17.0. The maximum Gasteiger partial charge on any atom is 0.327 e. The largest absolute Gasteiger partial charge is 0.478 e. The number of aliphatic carboxylic acids is 1. The maximum atomic E-state index is 10.4. The zero-order valence-corrected chi connectivity index (χ0v) is 22.7. The van der Waals surface area contributed by atoms with E-state index in [1.54, 1.807) is 6.08 Å². The summed E-state index contributed by atoms with van der Waals surface area (Å²) in [7, 11) is -1.60. The Balaban J connectivity index is 2.15. The third-order valence-electron chi connectivity index (χ3n) is 7.09. The fraction of sp³-hybridized carbons (Fsp3) is 0.690. The molecule has 1 atom stereocenters. The van der Waals surface area contributed by atoms with E-state index in [1.807, 2.05) is 0 Å². The summed E-state index contributed by atoms with van der Waals surface area (Å²) >= 11 is 0.